The van der Waals surface area contributed by atoms with Crippen molar-refractivity contribution in [3.8, 4) is 5.88 Å². The second-order valence-corrected chi connectivity index (χ2v) is 6.70. The zero-order valence-electron chi connectivity index (χ0n) is 14.9. The summed E-state index contributed by atoms with van der Waals surface area (Å²) in [5.41, 5.74) is 1.96. The molecule has 0 bridgehead atoms. The first-order valence-corrected chi connectivity index (χ1v) is 9.11. The summed E-state index contributed by atoms with van der Waals surface area (Å²) in [5, 5.41) is 11.2. The molecule has 0 radical (unpaired) electrons. The van der Waals surface area contributed by atoms with Gasteiger partial charge in [-0.3, -0.25) is 9.59 Å². The Morgan fingerprint density at radius 1 is 1.46 bits per heavy atom. The first kappa shape index (κ1) is 18.2. The van der Waals surface area contributed by atoms with Crippen LogP contribution in [0.15, 0.2) is 17.6 Å². The summed E-state index contributed by atoms with van der Waals surface area (Å²) in [6, 6.07) is 1.76. The number of hydrogen-bond acceptors (Lipinski definition) is 7. The monoisotopic (exact) mass is 376 g/mol. The predicted molar refractivity (Wildman–Crippen MR) is 94.8 cm³/mol. The predicted octanol–water partition coefficient (Wildman–Crippen LogP) is 0.603. The molecule has 0 atom stereocenters. The number of fused-ring (bicyclic) bond motifs is 1. The Kier molecular flexibility index (Phi) is 5.40. The standard InChI is InChI=1S/C16H20N6O3S/c1-4-22-7-12-11(15(22)24)5-10(14(19-12)25-3)6-17-13(23)8-26-16-20-18-9-21(16)2/h5,9H,4,6-8H2,1-3H3,(H,17,23). The van der Waals surface area contributed by atoms with Crippen LogP contribution in [0.2, 0.25) is 0 Å². The number of pyridine rings is 1. The summed E-state index contributed by atoms with van der Waals surface area (Å²) in [5.74, 6) is 0.455. The molecule has 3 rings (SSSR count). The third kappa shape index (κ3) is 3.64. The van der Waals surface area contributed by atoms with Crippen molar-refractivity contribution in [3.05, 3.63) is 29.2 Å². The molecule has 0 aliphatic carbocycles. The fourth-order valence-electron chi connectivity index (χ4n) is 2.64. The van der Waals surface area contributed by atoms with Gasteiger partial charge < -0.3 is 19.5 Å². The fraction of sp³-hybridized carbons (Fsp3) is 0.438. The number of aromatic nitrogens is 4. The van der Waals surface area contributed by atoms with Crippen LogP contribution in [0.25, 0.3) is 0 Å². The smallest absolute Gasteiger partial charge is 0.256 e. The molecule has 0 saturated heterocycles. The van der Waals surface area contributed by atoms with Crippen LogP contribution in [0.3, 0.4) is 0 Å². The lowest BCUT2D eigenvalue weighted by Gasteiger charge is -2.10. The minimum Gasteiger partial charge on any atom is -0.481 e. The highest BCUT2D eigenvalue weighted by Crippen LogP contribution is 2.27. The molecule has 2 amide bonds. The van der Waals surface area contributed by atoms with E-state index in [2.05, 4.69) is 20.5 Å². The summed E-state index contributed by atoms with van der Waals surface area (Å²) in [6.45, 7) is 3.28. The highest BCUT2D eigenvalue weighted by Gasteiger charge is 2.29. The first-order chi connectivity index (χ1) is 12.5. The topological polar surface area (TPSA) is 102 Å². The van der Waals surface area contributed by atoms with E-state index in [4.69, 9.17) is 4.74 Å². The van der Waals surface area contributed by atoms with Crippen molar-refractivity contribution >= 4 is 23.6 Å². The van der Waals surface area contributed by atoms with Gasteiger partial charge >= 0.3 is 0 Å². The van der Waals surface area contributed by atoms with Gasteiger partial charge in [-0.15, -0.1) is 10.2 Å². The normalized spacial score (nSPS) is 13.0. The van der Waals surface area contributed by atoms with Crippen molar-refractivity contribution in [2.75, 3.05) is 19.4 Å². The fourth-order valence-corrected chi connectivity index (χ4v) is 3.36. The van der Waals surface area contributed by atoms with Crippen molar-refractivity contribution in [3.63, 3.8) is 0 Å². The lowest BCUT2D eigenvalue weighted by atomic mass is 10.1. The molecule has 2 aromatic rings. The molecule has 10 heteroatoms. The Morgan fingerprint density at radius 3 is 2.92 bits per heavy atom. The van der Waals surface area contributed by atoms with Crippen LogP contribution < -0.4 is 10.1 Å². The van der Waals surface area contributed by atoms with Gasteiger partial charge in [0.25, 0.3) is 5.91 Å². The lowest BCUT2D eigenvalue weighted by molar-refractivity contribution is -0.118. The van der Waals surface area contributed by atoms with Gasteiger partial charge in [0.05, 0.1) is 30.7 Å². The van der Waals surface area contributed by atoms with E-state index >= 15 is 0 Å². The molecule has 1 aliphatic rings. The van der Waals surface area contributed by atoms with E-state index in [0.717, 1.165) is 0 Å². The van der Waals surface area contributed by atoms with E-state index in [0.29, 0.717) is 40.9 Å². The number of rotatable bonds is 7. The molecule has 1 aliphatic heterocycles. The van der Waals surface area contributed by atoms with Crippen molar-refractivity contribution in [1.82, 2.24) is 30.0 Å². The zero-order chi connectivity index (χ0) is 18.7. The van der Waals surface area contributed by atoms with Crippen LogP contribution in [0.4, 0.5) is 0 Å². The van der Waals surface area contributed by atoms with E-state index in [1.165, 1.54) is 18.9 Å². The average Bonchev–Trinajstić information content (AvgIpc) is 3.20. The summed E-state index contributed by atoms with van der Waals surface area (Å²) >= 11 is 1.30. The van der Waals surface area contributed by atoms with Crippen LogP contribution in [0.5, 0.6) is 5.88 Å². The van der Waals surface area contributed by atoms with Crippen molar-refractivity contribution in [1.29, 1.82) is 0 Å². The minimum absolute atomic E-state index is 0.0388. The van der Waals surface area contributed by atoms with E-state index in [1.807, 2.05) is 14.0 Å². The maximum Gasteiger partial charge on any atom is 0.256 e. The quantitative estimate of drug-likeness (QED) is 0.706. The Labute approximate surface area is 155 Å². The SMILES string of the molecule is CCN1Cc2nc(OC)c(CNC(=O)CSc3nncn3C)cc2C1=O. The minimum atomic E-state index is -0.151. The van der Waals surface area contributed by atoms with Gasteiger partial charge in [0, 0.05) is 25.7 Å². The number of thioether (sulfide) groups is 1. The van der Waals surface area contributed by atoms with Gasteiger partial charge in [0.1, 0.15) is 6.33 Å². The van der Waals surface area contributed by atoms with Gasteiger partial charge in [-0.2, -0.15) is 0 Å². The number of nitrogens with zero attached hydrogens (tertiary/aromatic N) is 5. The maximum atomic E-state index is 12.3. The number of ether oxygens (including phenoxy) is 1. The molecule has 0 saturated carbocycles. The molecule has 0 unspecified atom stereocenters. The van der Waals surface area contributed by atoms with Crippen LogP contribution in [-0.2, 0) is 24.9 Å². The number of aryl methyl sites for hydroxylation is 1. The molecule has 26 heavy (non-hydrogen) atoms. The number of methoxy groups -OCH3 is 1. The van der Waals surface area contributed by atoms with Gasteiger partial charge in [-0.25, -0.2) is 4.98 Å². The maximum absolute atomic E-state index is 12.3. The number of nitrogens with one attached hydrogen (secondary N) is 1. The molecule has 1 N–H and O–H groups in total. The molecule has 0 fully saturated rings. The summed E-state index contributed by atoms with van der Waals surface area (Å²) in [6.07, 6.45) is 1.58. The Hall–Kier alpha value is -2.62. The largest absolute Gasteiger partial charge is 0.481 e. The summed E-state index contributed by atoms with van der Waals surface area (Å²) in [4.78, 5) is 30.6. The van der Waals surface area contributed by atoms with Crippen LogP contribution in [-0.4, -0.2) is 55.9 Å². The molecule has 2 aromatic heterocycles. The van der Waals surface area contributed by atoms with E-state index in [1.54, 1.807) is 21.9 Å². The Bertz CT molecular complexity index is 837. The van der Waals surface area contributed by atoms with Crippen molar-refractivity contribution in [2.45, 2.75) is 25.2 Å². The number of carbonyl (C=O) groups excluding carboxylic acids is 2. The first-order valence-electron chi connectivity index (χ1n) is 8.13. The molecular formula is C16H20N6O3S. The second kappa shape index (κ2) is 7.73. The lowest BCUT2D eigenvalue weighted by Crippen LogP contribution is -2.25. The highest BCUT2D eigenvalue weighted by atomic mass is 32.2. The van der Waals surface area contributed by atoms with E-state index in [-0.39, 0.29) is 24.1 Å². The van der Waals surface area contributed by atoms with E-state index < -0.39 is 0 Å². The van der Waals surface area contributed by atoms with Gasteiger partial charge in [-0.1, -0.05) is 11.8 Å². The Balaban J connectivity index is 1.64. The molecule has 0 aromatic carbocycles. The second-order valence-electron chi connectivity index (χ2n) is 5.76. The third-order valence-corrected chi connectivity index (χ3v) is 5.09. The third-order valence-electron chi connectivity index (χ3n) is 4.05. The zero-order valence-corrected chi connectivity index (χ0v) is 15.7. The van der Waals surface area contributed by atoms with Crippen LogP contribution >= 0.6 is 11.8 Å². The van der Waals surface area contributed by atoms with Gasteiger partial charge in [-0.05, 0) is 13.0 Å². The molecule has 138 valence electrons. The molecule has 3 heterocycles. The molecule has 9 nitrogen and oxygen atoms in total. The molecule has 0 spiro atoms. The average molecular weight is 376 g/mol. The highest BCUT2D eigenvalue weighted by molar-refractivity contribution is 7.99. The number of amides is 2. The van der Waals surface area contributed by atoms with Crippen molar-refractivity contribution < 1.29 is 14.3 Å². The van der Waals surface area contributed by atoms with Crippen LogP contribution in [0, 0.1) is 0 Å². The summed E-state index contributed by atoms with van der Waals surface area (Å²) in [7, 11) is 3.34. The van der Waals surface area contributed by atoms with Crippen molar-refractivity contribution in [2.24, 2.45) is 7.05 Å². The van der Waals surface area contributed by atoms with E-state index in [9.17, 15) is 9.59 Å². The van der Waals surface area contributed by atoms with Gasteiger partial charge in [0.2, 0.25) is 11.8 Å². The van der Waals surface area contributed by atoms with Gasteiger partial charge in [0.15, 0.2) is 5.16 Å². The number of carbonyl (C=O) groups is 2. The molecular weight excluding hydrogens is 356 g/mol. The van der Waals surface area contributed by atoms with Crippen LogP contribution in [0.1, 0.15) is 28.5 Å². The Morgan fingerprint density at radius 2 is 2.27 bits per heavy atom. The summed E-state index contributed by atoms with van der Waals surface area (Å²) < 4.78 is 7.07. The number of hydrogen-bond donors (Lipinski definition) is 1.